The van der Waals surface area contributed by atoms with Crippen molar-refractivity contribution in [1.29, 1.82) is 0 Å². The normalized spacial score (nSPS) is 23.1. The first-order valence-corrected chi connectivity index (χ1v) is 9.21. The number of ether oxygens (including phenoxy) is 3. The summed E-state index contributed by atoms with van der Waals surface area (Å²) in [5, 5.41) is 11.8. The molecule has 2 N–H and O–H groups in total. The van der Waals surface area contributed by atoms with E-state index in [1.807, 2.05) is 23.1 Å². The van der Waals surface area contributed by atoms with E-state index < -0.39 is 12.0 Å². The van der Waals surface area contributed by atoms with Gasteiger partial charge in [-0.1, -0.05) is 6.07 Å². The number of piperazine rings is 1. The zero-order chi connectivity index (χ0) is 19.2. The first kappa shape index (κ1) is 19.4. The van der Waals surface area contributed by atoms with Crippen LogP contribution in [0.2, 0.25) is 0 Å². The lowest BCUT2D eigenvalue weighted by atomic mass is 10.1. The Morgan fingerprint density at radius 3 is 2.96 bits per heavy atom. The zero-order valence-corrected chi connectivity index (χ0v) is 15.5. The van der Waals surface area contributed by atoms with Crippen LogP contribution in [0, 0.1) is 0 Å². The first-order chi connectivity index (χ1) is 13.1. The summed E-state index contributed by atoms with van der Waals surface area (Å²) in [6.07, 6.45) is 1.97. The van der Waals surface area contributed by atoms with Crippen molar-refractivity contribution < 1.29 is 28.9 Å². The van der Waals surface area contributed by atoms with Gasteiger partial charge in [0.25, 0.3) is 0 Å². The predicted molar refractivity (Wildman–Crippen MR) is 96.9 cm³/mol. The standard InChI is InChI=1S/C19H26N2O6/c1-25-17-9-13(4-5-16(17)27-12-14-3-2-8-26-14)11-21-7-6-20-19(24)15(21)10-18(22)23/h4-5,9,14-15H,2-3,6-8,10-12H2,1H3,(H,20,24)(H,22,23). The molecule has 2 aliphatic rings. The molecule has 2 saturated heterocycles. The predicted octanol–water partition coefficient (Wildman–Crippen LogP) is 1.03. The smallest absolute Gasteiger partial charge is 0.305 e. The molecule has 8 nitrogen and oxygen atoms in total. The van der Waals surface area contributed by atoms with Gasteiger partial charge in [0, 0.05) is 26.2 Å². The van der Waals surface area contributed by atoms with Gasteiger partial charge in [-0.25, -0.2) is 0 Å². The summed E-state index contributed by atoms with van der Waals surface area (Å²) in [6, 6.07) is 4.96. The summed E-state index contributed by atoms with van der Waals surface area (Å²) in [5.41, 5.74) is 0.932. The van der Waals surface area contributed by atoms with Crippen LogP contribution in [-0.2, 0) is 20.9 Å². The fraction of sp³-hybridized carbons (Fsp3) is 0.579. The fourth-order valence-electron chi connectivity index (χ4n) is 3.46. The van der Waals surface area contributed by atoms with Crippen molar-refractivity contribution in [2.75, 3.05) is 33.4 Å². The third-order valence-electron chi connectivity index (χ3n) is 4.87. The quantitative estimate of drug-likeness (QED) is 0.697. The number of nitrogens with one attached hydrogen (secondary N) is 1. The number of carboxylic acids is 1. The van der Waals surface area contributed by atoms with Gasteiger partial charge in [0.05, 0.1) is 19.6 Å². The SMILES string of the molecule is COc1cc(CN2CCNC(=O)C2CC(=O)O)ccc1OCC1CCCO1. The molecule has 0 aliphatic carbocycles. The summed E-state index contributed by atoms with van der Waals surface area (Å²) in [6.45, 7) is 2.85. The summed E-state index contributed by atoms with van der Waals surface area (Å²) in [5.74, 6) is 0.0293. The van der Waals surface area contributed by atoms with Gasteiger partial charge in [0.2, 0.25) is 5.91 Å². The van der Waals surface area contributed by atoms with Crippen molar-refractivity contribution in [3.63, 3.8) is 0 Å². The van der Waals surface area contributed by atoms with Crippen LogP contribution < -0.4 is 14.8 Å². The van der Waals surface area contributed by atoms with Crippen LogP contribution in [0.1, 0.15) is 24.8 Å². The Hall–Kier alpha value is -2.32. The molecule has 0 saturated carbocycles. The number of methoxy groups -OCH3 is 1. The minimum Gasteiger partial charge on any atom is -0.493 e. The summed E-state index contributed by atoms with van der Waals surface area (Å²) >= 11 is 0. The molecular weight excluding hydrogens is 352 g/mol. The highest BCUT2D eigenvalue weighted by Gasteiger charge is 2.31. The average molecular weight is 378 g/mol. The Morgan fingerprint density at radius 2 is 2.26 bits per heavy atom. The number of carbonyl (C=O) groups excluding carboxylic acids is 1. The molecule has 27 heavy (non-hydrogen) atoms. The second-order valence-corrected chi connectivity index (χ2v) is 6.81. The van der Waals surface area contributed by atoms with Crippen LogP contribution in [0.25, 0.3) is 0 Å². The lowest BCUT2D eigenvalue weighted by Crippen LogP contribution is -2.55. The second kappa shape index (κ2) is 9.05. The Bertz CT molecular complexity index is 674. The lowest BCUT2D eigenvalue weighted by molar-refractivity contribution is -0.143. The average Bonchev–Trinajstić information content (AvgIpc) is 3.16. The highest BCUT2D eigenvalue weighted by Crippen LogP contribution is 2.30. The Labute approximate surface area is 158 Å². The first-order valence-electron chi connectivity index (χ1n) is 9.21. The number of carboxylic acid groups (broad SMARTS) is 1. The molecule has 2 aliphatic heterocycles. The topological polar surface area (TPSA) is 97.3 Å². The van der Waals surface area contributed by atoms with Crippen LogP contribution in [-0.4, -0.2) is 67.4 Å². The van der Waals surface area contributed by atoms with Gasteiger partial charge < -0.3 is 24.6 Å². The van der Waals surface area contributed by atoms with E-state index in [0.717, 1.165) is 25.0 Å². The van der Waals surface area contributed by atoms with E-state index in [2.05, 4.69) is 5.32 Å². The van der Waals surface area contributed by atoms with E-state index in [9.17, 15) is 9.59 Å². The summed E-state index contributed by atoms with van der Waals surface area (Å²) in [4.78, 5) is 25.0. The maximum atomic E-state index is 12.0. The second-order valence-electron chi connectivity index (χ2n) is 6.81. The molecule has 0 radical (unpaired) electrons. The molecule has 1 aromatic rings. The third kappa shape index (κ3) is 5.11. The van der Waals surface area contributed by atoms with Crippen molar-refractivity contribution in [3.05, 3.63) is 23.8 Å². The van der Waals surface area contributed by atoms with Crippen molar-refractivity contribution in [2.45, 2.75) is 38.0 Å². The molecule has 148 valence electrons. The van der Waals surface area contributed by atoms with Gasteiger partial charge >= 0.3 is 5.97 Å². The van der Waals surface area contributed by atoms with Gasteiger partial charge in [-0.15, -0.1) is 0 Å². The Kier molecular flexibility index (Phi) is 6.52. The molecule has 1 amide bonds. The Morgan fingerprint density at radius 1 is 1.41 bits per heavy atom. The summed E-state index contributed by atoms with van der Waals surface area (Å²) < 4.78 is 16.9. The number of aliphatic carboxylic acids is 1. The molecule has 2 heterocycles. The monoisotopic (exact) mass is 378 g/mol. The molecule has 0 aromatic heterocycles. The molecule has 0 spiro atoms. The van der Waals surface area contributed by atoms with Gasteiger partial charge in [-0.2, -0.15) is 0 Å². The number of benzene rings is 1. The van der Waals surface area contributed by atoms with Crippen LogP contribution >= 0.6 is 0 Å². The van der Waals surface area contributed by atoms with Crippen LogP contribution in [0.5, 0.6) is 11.5 Å². The molecule has 2 unspecified atom stereocenters. The molecule has 8 heteroatoms. The van der Waals surface area contributed by atoms with Gasteiger partial charge in [-0.05, 0) is 30.5 Å². The Balaban J connectivity index is 1.66. The molecule has 2 fully saturated rings. The van der Waals surface area contributed by atoms with E-state index in [1.165, 1.54) is 0 Å². The molecule has 3 rings (SSSR count). The minimum atomic E-state index is -0.988. The van der Waals surface area contributed by atoms with Crippen molar-refractivity contribution >= 4 is 11.9 Å². The van der Waals surface area contributed by atoms with Crippen LogP contribution in [0.15, 0.2) is 18.2 Å². The number of amides is 1. The van der Waals surface area contributed by atoms with E-state index >= 15 is 0 Å². The molecular formula is C19H26N2O6. The maximum Gasteiger partial charge on any atom is 0.305 e. The highest BCUT2D eigenvalue weighted by molar-refractivity contribution is 5.86. The number of rotatable bonds is 8. The van der Waals surface area contributed by atoms with E-state index in [-0.39, 0.29) is 18.4 Å². The zero-order valence-electron chi connectivity index (χ0n) is 15.5. The molecule has 2 atom stereocenters. The van der Waals surface area contributed by atoms with E-state index in [0.29, 0.717) is 37.7 Å². The van der Waals surface area contributed by atoms with Crippen molar-refractivity contribution in [3.8, 4) is 11.5 Å². The summed E-state index contributed by atoms with van der Waals surface area (Å²) in [7, 11) is 1.58. The number of hydrogen-bond donors (Lipinski definition) is 2. The number of hydrogen-bond acceptors (Lipinski definition) is 6. The van der Waals surface area contributed by atoms with Gasteiger partial charge in [0.1, 0.15) is 12.6 Å². The van der Waals surface area contributed by atoms with E-state index in [4.69, 9.17) is 19.3 Å². The number of nitrogens with zero attached hydrogens (tertiary/aromatic N) is 1. The van der Waals surface area contributed by atoms with Crippen LogP contribution in [0.3, 0.4) is 0 Å². The molecule has 0 bridgehead atoms. The molecule has 1 aromatic carbocycles. The fourth-order valence-corrected chi connectivity index (χ4v) is 3.46. The number of carbonyl (C=O) groups is 2. The van der Waals surface area contributed by atoms with Crippen molar-refractivity contribution in [2.24, 2.45) is 0 Å². The minimum absolute atomic E-state index is 0.123. The van der Waals surface area contributed by atoms with Gasteiger partial charge in [-0.3, -0.25) is 14.5 Å². The van der Waals surface area contributed by atoms with Gasteiger partial charge in [0.15, 0.2) is 11.5 Å². The van der Waals surface area contributed by atoms with E-state index in [1.54, 1.807) is 7.11 Å². The van der Waals surface area contributed by atoms with Crippen LogP contribution in [0.4, 0.5) is 0 Å². The largest absolute Gasteiger partial charge is 0.493 e. The van der Waals surface area contributed by atoms with Crippen molar-refractivity contribution in [1.82, 2.24) is 10.2 Å². The highest BCUT2D eigenvalue weighted by atomic mass is 16.5. The third-order valence-corrected chi connectivity index (χ3v) is 4.87. The lowest BCUT2D eigenvalue weighted by Gasteiger charge is -2.34. The maximum absolute atomic E-state index is 12.0.